The highest BCUT2D eigenvalue weighted by atomic mass is 35.5. The third kappa shape index (κ3) is 7.08. The van der Waals surface area contributed by atoms with Gasteiger partial charge < -0.3 is 25.6 Å². The van der Waals surface area contributed by atoms with Crippen molar-refractivity contribution in [1.29, 1.82) is 0 Å². The Morgan fingerprint density at radius 3 is 2.43 bits per heavy atom. The number of rotatable bonds is 13. The van der Waals surface area contributed by atoms with Gasteiger partial charge in [0.05, 0.1) is 11.2 Å². The molecule has 0 spiro atoms. The van der Waals surface area contributed by atoms with Crippen molar-refractivity contribution in [3.63, 3.8) is 0 Å². The number of pyridine rings is 1. The standard InChI is InChI=1S/C38H39ClN4O2S/c1-4-42(2)36(24-40)38(45,30-15-13-27(14-16-30)25-41-19-20-46-26-28-9-6-5-7-10-28)31-17-18-35-34(22-31)33(23-37(44)43(35)3)29-11-8-12-32(39)21-29/h4-18,21-24,41,45H,1,19-20,25-26,40H2,2-3H3/b36-24-. The van der Waals surface area contributed by atoms with E-state index in [0.29, 0.717) is 28.4 Å². The van der Waals surface area contributed by atoms with E-state index in [1.54, 1.807) is 41.9 Å². The van der Waals surface area contributed by atoms with E-state index in [-0.39, 0.29) is 5.56 Å². The molecule has 0 saturated carbocycles. The fourth-order valence-corrected chi connectivity index (χ4v) is 6.69. The fourth-order valence-electron chi connectivity index (χ4n) is 5.64. The molecule has 1 heterocycles. The zero-order chi connectivity index (χ0) is 32.7. The van der Waals surface area contributed by atoms with Gasteiger partial charge in [0.25, 0.3) is 5.56 Å². The SMILES string of the molecule is C=CN(C)/C(=C\N)C(O)(c1ccc(CNCCSCc2ccccc2)cc1)c1ccc2c(c1)c(-c1cccc(Cl)c1)cc(=O)n2C. The Morgan fingerprint density at radius 2 is 1.74 bits per heavy atom. The molecule has 8 heteroatoms. The minimum atomic E-state index is -1.63. The molecule has 1 unspecified atom stereocenters. The van der Waals surface area contributed by atoms with Crippen molar-refractivity contribution < 1.29 is 5.11 Å². The van der Waals surface area contributed by atoms with E-state index in [9.17, 15) is 9.90 Å². The van der Waals surface area contributed by atoms with Crippen molar-refractivity contribution in [3.8, 4) is 11.1 Å². The molecule has 0 aliphatic heterocycles. The number of hydrogen-bond acceptors (Lipinski definition) is 6. The van der Waals surface area contributed by atoms with Gasteiger partial charge in [-0.2, -0.15) is 11.8 Å². The summed E-state index contributed by atoms with van der Waals surface area (Å²) in [6.45, 7) is 5.51. The number of fused-ring (bicyclic) bond motifs is 1. The number of aryl methyl sites for hydroxylation is 1. The molecule has 0 fully saturated rings. The van der Waals surface area contributed by atoms with E-state index in [1.807, 2.05) is 78.5 Å². The summed E-state index contributed by atoms with van der Waals surface area (Å²) in [5.41, 5.74) is 10.8. The monoisotopic (exact) mass is 650 g/mol. The van der Waals surface area contributed by atoms with Gasteiger partial charge in [0.1, 0.15) is 0 Å². The summed E-state index contributed by atoms with van der Waals surface area (Å²) in [5.74, 6) is 2.01. The third-order valence-electron chi connectivity index (χ3n) is 8.22. The number of likely N-dealkylation sites (N-methyl/N-ethyl adjacent to an activating group) is 1. The van der Waals surface area contributed by atoms with Crippen molar-refractivity contribution in [2.45, 2.75) is 17.9 Å². The van der Waals surface area contributed by atoms with E-state index < -0.39 is 5.60 Å². The predicted molar refractivity (Wildman–Crippen MR) is 194 cm³/mol. The minimum Gasteiger partial charge on any atom is -0.403 e. The van der Waals surface area contributed by atoms with E-state index in [0.717, 1.165) is 45.6 Å². The Morgan fingerprint density at radius 1 is 1.00 bits per heavy atom. The Kier molecular flexibility index (Phi) is 10.7. The van der Waals surface area contributed by atoms with Gasteiger partial charge >= 0.3 is 0 Å². The second kappa shape index (κ2) is 14.9. The molecule has 236 valence electrons. The van der Waals surface area contributed by atoms with Crippen LogP contribution < -0.4 is 16.6 Å². The maximum absolute atomic E-state index is 12.9. The summed E-state index contributed by atoms with van der Waals surface area (Å²) < 4.78 is 1.60. The van der Waals surface area contributed by atoms with Gasteiger partial charge in [-0.15, -0.1) is 0 Å². The van der Waals surface area contributed by atoms with Crippen LogP contribution in [0.15, 0.2) is 133 Å². The van der Waals surface area contributed by atoms with E-state index in [1.165, 1.54) is 11.8 Å². The summed E-state index contributed by atoms with van der Waals surface area (Å²) in [7, 11) is 3.54. The van der Waals surface area contributed by atoms with Crippen molar-refractivity contribution in [3.05, 3.63) is 165 Å². The van der Waals surface area contributed by atoms with Crippen LogP contribution in [0, 0.1) is 0 Å². The second-order valence-electron chi connectivity index (χ2n) is 11.2. The van der Waals surface area contributed by atoms with Gasteiger partial charge in [-0.05, 0) is 63.8 Å². The lowest BCUT2D eigenvalue weighted by Gasteiger charge is -2.36. The van der Waals surface area contributed by atoms with Gasteiger partial charge in [-0.1, -0.05) is 91.0 Å². The van der Waals surface area contributed by atoms with Crippen molar-refractivity contribution in [2.24, 2.45) is 12.8 Å². The highest BCUT2D eigenvalue weighted by Gasteiger charge is 2.38. The molecule has 4 N–H and O–H groups in total. The Hall–Kier alpha value is -4.27. The Bertz CT molecular complexity index is 1910. The molecule has 1 atom stereocenters. The summed E-state index contributed by atoms with van der Waals surface area (Å²) in [6.07, 6.45) is 3.02. The molecule has 6 nitrogen and oxygen atoms in total. The molecule has 0 bridgehead atoms. The Labute approximate surface area is 279 Å². The van der Waals surface area contributed by atoms with Crippen molar-refractivity contribution in [1.82, 2.24) is 14.8 Å². The molecule has 0 aliphatic carbocycles. The van der Waals surface area contributed by atoms with Gasteiger partial charge in [-0.3, -0.25) is 4.79 Å². The Balaban J connectivity index is 1.46. The summed E-state index contributed by atoms with van der Waals surface area (Å²) in [5, 5.41) is 17.6. The normalized spacial score (nSPS) is 13.0. The smallest absolute Gasteiger partial charge is 0.251 e. The minimum absolute atomic E-state index is 0.140. The van der Waals surface area contributed by atoms with Crippen molar-refractivity contribution in [2.75, 3.05) is 19.3 Å². The predicted octanol–water partition coefficient (Wildman–Crippen LogP) is 6.99. The van der Waals surface area contributed by atoms with E-state index in [2.05, 4.69) is 36.2 Å². The van der Waals surface area contributed by atoms with Crippen molar-refractivity contribution >= 4 is 34.3 Å². The third-order valence-corrected chi connectivity index (χ3v) is 9.48. The molecule has 4 aromatic carbocycles. The number of hydrogen-bond donors (Lipinski definition) is 3. The number of nitrogens with two attached hydrogens (primary N) is 1. The van der Waals surface area contributed by atoms with Gasteiger partial charge in [0.2, 0.25) is 0 Å². The first kappa shape index (κ1) is 33.1. The first-order valence-electron chi connectivity index (χ1n) is 15.1. The average Bonchev–Trinajstić information content (AvgIpc) is 3.08. The number of aliphatic hydroxyl groups is 1. The van der Waals surface area contributed by atoms with Gasteiger partial charge in [-0.25, -0.2) is 0 Å². The molecular formula is C38H39ClN4O2S. The van der Waals surface area contributed by atoms with Crippen LogP contribution >= 0.6 is 23.4 Å². The van der Waals surface area contributed by atoms with Crippen LogP contribution in [0.25, 0.3) is 22.0 Å². The largest absolute Gasteiger partial charge is 0.403 e. The zero-order valence-corrected chi connectivity index (χ0v) is 27.7. The summed E-state index contributed by atoms with van der Waals surface area (Å²) in [4.78, 5) is 14.7. The van der Waals surface area contributed by atoms with Crippen LogP contribution in [0.2, 0.25) is 5.02 Å². The second-order valence-corrected chi connectivity index (χ2v) is 12.7. The lowest BCUT2D eigenvalue weighted by molar-refractivity contribution is 0.0968. The number of aromatic nitrogens is 1. The van der Waals surface area contributed by atoms with Crippen LogP contribution in [0.5, 0.6) is 0 Å². The number of nitrogens with one attached hydrogen (secondary N) is 1. The van der Waals surface area contributed by atoms with E-state index >= 15 is 0 Å². The number of thioether (sulfide) groups is 1. The van der Waals surface area contributed by atoms with Crippen LogP contribution in [0.3, 0.4) is 0 Å². The molecule has 0 saturated heterocycles. The van der Waals surface area contributed by atoms with Crippen LogP contribution in [0.4, 0.5) is 0 Å². The lowest BCUT2D eigenvalue weighted by Crippen LogP contribution is -2.37. The molecule has 0 amide bonds. The fraction of sp³-hybridized carbons (Fsp3) is 0.184. The maximum atomic E-state index is 12.9. The highest BCUT2D eigenvalue weighted by Crippen LogP contribution is 2.40. The molecule has 0 aliphatic rings. The summed E-state index contributed by atoms with van der Waals surface area (Å²) in [6, 6.07) is 33.0. The van der Waals surface area contributed by atoms with Crippen LogP contribution in [-0.4, -0.2) is 33.9 Å². The highest BCUT2D eigenvalue weighted by molar-refractivity contribution is 7.98. The molecule has 0 radical (unpaired) electrons. The quantitative estimate of drug-likeness (QED) is 0.119. The first-order chi connectivity index (χ1) is 22.3. The molecule has 1 aromatic heterocycles. The molecule has 5 rings (SSSR count). The lowest BCUT2D eigenvalue weighted by atomic mass is 9.81. The number of halogens is 1. The topological polar surface area (TPSA) is 83.5 Å². The zero-order valence-electron chi connectivity index (χ0n) is 26.1. The number of nitrogens with zero attached hydrogens (tertiary/aromatic N) is 2. The summed E-state index contributed by atoms with van der Waals surface area (Å²) >= 11 is 8.24. The van der Waals surface area contributed by atoms with Crippen LogP contribution in [0.1, 0.15) is 22.3 Å². The van der Waals surface area contributed by atoms with Crippen LogP contribution in [-0.2, 0) is 24.9 Å². The van der Waals surface area contributed by atoms with Gasteiger partial charge in [0.15, 0.2) is 5.60 Å². The first-order valence-corrected chi connectivity index (χ1v) is 16.6. The molecule has 46 heavy (non-hydrogen) atoms. The maximum Gasteiger partial charge on any atom is 0.251 e. The molecule has 5 aromatic rings. The van der Waals surface area contributed by atoms with E-state index in [4.69, 9.17) is 17.3 Å². The molecular weight excluding hydrogens is 612 g/mol. The average molecular weight is 651 g/mol. The van der Waals surface area contributed by atoms with Gasteiger partial charge in [0, 0.05) is 61.4 Å². The number of benzene rings is 4.